The molecular weight excluding hydrogens is 253 g/mol. The summed E-state index contributed by atoms with van der Waals surface area (Å²) in [5, 5.41) is 0. The second-order valence-electron chi connectivity index (χ2n) is 4.41. The first-order chi connectivity index (χ1) is 7.98. The van der Waals surface area contributed by atoms with Gasteiger partial charge in [-0.1, -0.05) is 17.7 Å². The summed E-state index contributed by atoms with van der Waals surface area (Å²) >= 11 is 0. The summed E-state index contributed by atoms with van der Waals surface area (Å²) in [6, 6.07) is 0.682. The normalized spacial score (nSPS) is 14.7. The predicted octanol–water partition coefficient (Wildman–Crippen LogP) is 3.81. The zero-order chi connectivity index (χ0) is 14.3. The van der Waals surface area contributed by atoms with E-state index < -0.39 is 18.1 Å². The molecule has 0 unspecified atom stereocenters. The van der Waals surface area contributed by atoms with Crippen molar-refractivity contribution in [2.45, 2.75) is 38.9 Å². The van der Waals surface area contributed by atoms with E-state index in [1.165, 1.54) is 26.0 Å². The van der Waals surface area contributed by atoms with Crippen molar-refractivity contribution in [3.8, 4) is 0 Å². The molecule has 2 N–H and O–H groups in total. The van der Waals surface area contributed by atoms with Gasteiger partial charge in [0.05, 0.1) is 0 Å². The van der Waals surface area contributed by atoms with Gasteiger partial charge in [0.1, 0.15) is 6.04 Å². The molecule has 1 atom stereocenters. The average Bonchev–Trinajstić information content (AvgIpc) is 2.13. The van der Waals surface area contributed by atoms with Gasteiger partial charge in [-0.05, 0) is 37.5 Å². The summed E-state index contributed by atoms with van der Waals surface area (Å²) in [6.07, 6.45) is -5.66. The van der Waals surface area contributed by atoms with Gasteiger partial charge in [0.2, 0.25) is 0 Å². The molecule has 0 amide bonds. The molecule has 1 nitrogen and oxygen atoms in total. The molecule has 1 aromatic rings. The monoisotopic (exact) mass is 267 g/mol. The Bertz CT molecular complexity index is 427. The van der Waals surface area contributed by atoms with Gasteiger partial charge >= 0.3 is 12.1 Å². The van der Waals surface area contributed by atoms with Gasteiger partial charge in [-0.25, -0.2) is 0 Å². The molecule has 0 aliphatic heterocycles. The smallest absolute Gasteiger partial charge is 0.319 e. The van der Waals surface area contributed by atoms with Crippen molar-refractivity contribution >= 4 is 0 Å². The SMILES string of the molecule is Cc1cc(C)c([C@H](N)C(F)(F)C(F)(F)F)c(C)c1. The maximum Gasteiger partial charge on any atom is 0.455 e. The van der Waals surface area contributed by atoms with Crippen LogP contribution in [0, 0.1) is 20.8 Å². The van der Waals surface area contributed by atoms with Crippen LogP contribution in [0.15, 0.2) is 12.1 Å². The molecule has 0 aromatic heterocycles. The third-order valence-electron chi connectivity index (χ3n) is 2.82. The molecule has 0 spiro atoms. The predicted molar refractivity (Wildman–Crippen MR) is 58.6 cm³/mol. The van der Waals surface area contributed by atoms with E-state index in [0.29, 0.717) is 11.1 Å². The van der Waals surface area contributed by atoms with Gasteiger partial charge in [0.15, 0.2) is 0 Å². The largest absolute Gasteiger partial charge is 0.455 e. The fraction of sp³-hybridized carbons (Fsp3) is 0.500. The summed E-state index contributed by atoms with van der Waals surface area (Å²) in [5.74, 6) is -4.95. The van der Waals surface area contributed by atoms with Crippen LogP contribution in [0.4, 0.5) is 22.0 Å². The minimum Gasteiger partial charge on any atom is -0.319 e. The van der Waals surface area contributed by atoms with Crippen LogP contribution in [-0.2, 0) is 0 Å². The van der Waals surface area contributed by atoms with E-state index in [9.17, 15) is 22.0 Å². The van der Waals surface area contributed by atoms with E-state index >= 15 is 0 Å². The number of benzene rings is 1. The zero-order valence-corrected chi connectivity index (χ0v) is 10.2. The van der Waals surface area contributed by atoms with Crippen LogP contribution in [-0.4, -0.2) is 12.1 Å². The lowest BCUT2D eigenvalue weighted by Crippen LogP contribution is -2.46. The zero-order valence-electron chi connectivity index (χ0n) is 10.2. The minimum atomic E-state index is -5.66. The average molecular weight is 267 g/mol. The molecule has 0 aliphatic rings. The minimum absolute atomic E-state index is 0.150. The number of halogens is 5. The lowest BCUT2D eigenvalue weighted by molar-refractivity contribution is -0.291. The van der Waals surface area contributed by atoms with E-state index in [1.54, 1.807) is 6.92 Å². The first kappa shape index (κ1) is 14.9. The van der Waals surface area contributed by atoms with E-state index in [4.69, 9.17) is 5.73 Å². The molecule has 0 fully saturated rings. The number of hydrogen-bond donors (Lipinski definition) is 1. The molecule has 6 heteroatoms. The third-order valence-corrected chi connectivity index (χ3v) is 2.82. The third kappa shape index (κ3) is 2.48. The van der Waals surface area contributed by atoms with E-state index in [2.05, 4.69) is 0 Å². The van der Waals surface area contributed by atoms with E-state index in [0.717, 1.165) is 5.56 Å². The van der Waals surface area contributed by atoms with Crippen LogP contribution >= 0.6 is 0 Å². The van der Waals surface area contributed by atoms with Crippen LogP contribution < -0.4 is 5.73 Å². The van der Waals surface area contributed by atoms with Crippen LogP contribution in [0.1, 0.15) is 28.3 Å². The van der Waals surface area contributed by atoms with Gasteiger partial charge in [-0.2, -0.15) is 22.0 Å². The molecule has 102 valence electrons. The summed E-state index contributed by atoms with van der Waals surface area (Å²) in [4.78, 5) is 0. The molecule has 0 heterocycles. The highest BCUT2D eigenvalue weighted by Crippen LogP contribution is 2.44. The number of alkyl halides is 5. The van der Waals surface area contributed by atoms with E-state index in [-0.39, 0.29) is 5.56 Å². The second-order valence-corrected chi connectivity index (χ2v) is 4.41. The molecule has 0 saturated heterocycles. The fourth-order valence-corrected chi connectivity index (χ4v) is 2.04. The Balaban J connectivity index is 3.32. The summed E-state index contributed by atoms with van der Waals surface area (Å²) in [6.45, 7) is 4.68. The first-order valence-electron chi connectivity index (χ1n) is 5.26. The van der Waals surface area contributed by atoms with Gasteiger partial charge in [-0.3, -0.25) is 0 Å². The van der Waals surface area contributed by atoms with Crippen molar-refractivity contribution < 1.29 is 22.0 Å². The van der Waals surface area contributed by atoms with Crippen molar-refractivity contribution in [3.63, 3.8) is 0 Å². The Morgan fingerprint density at radius 2 is 1.33 bits per heavy atom. The first-order valence-corrected chi connectivity index (χ1v) is 5.26. The Labute approximate surface area is 102 Å². The molecule has 0 radical (unpaired) electrons. The number of hydrogen-bond acceptors (Lipinski definition) is 1. The maximum atomic E-state index is 13.2. The summed E-state index contributed by atoms with van der Waals surface area (Å²) < 4.78 is 63.3. The molecule has 1 aromatic carbocycles. The van der Waals surface area contributed by atoms with Gasteiger partial charge in [-0.15, -0.1) is 0 Å². The highest BCUT2D eigenvalue weighted by Gasteiger charge is 2.62. The Hall–Kier alpha value is -1.17. The lowest BCUT2D eigenvalue weighted by Gasteiger charge is -2.28. The molecular formula is C12H14F5N. The second kappa shape index (κ2) is 4.50. The Morgan fingerprint density at radius 3 is 1.67 bits per heavy atom. The van der Waals surface area contributed by atoms with Crippen molar-refractivity contribution in [2.75, 3.05) is 0 Å². The molecule has 1 rings (SSSR count). The van der Waals surface area contributed by atoms with Crippen LogP contribution in [0.25, 0.3) is 0 Å². The lowest BCUT2D eigenvalue weighted by atomic mass is 9.91. The quantitative estimate of drug-likeness (QED) is 0.810. The van der Waals surface area contributed by atoms with E-state index in [1.807, 2.05) is 0 Å². The standard InChI is InChI=1S/C12H14F5N/c1-6-4-7(2)9(8(3)5-6)10(18)11(13,14)12(15,16)17/h4-5,10H,18H2,1-3H3/t10-/m0/s1. The van der Waals surface area contributed by atoms with Crippen molar-refractivity contribution in [1.29, 1.82) is 0 Å². The van der Waals surface area contributed by atoms with Crippen molar-refractivity contribution in [3.05, 3.63) is 34.4 Å². The maximum absolute atomic E-state index is 13.2. The number of nitrogens with two attached hydrogens (primary N) is 1. The highest BCUT2D eigenvalue weighted by molar-refractivity contribution is 5.40. The van der Waals surface area contributed by atoms with Gasteiger partial charge < -0.3 is 5.73 Å². The topological polar surface area (TPSA) is 26.0 Å². The van der Waals surface area contributed by atoms with Crippen LogP contribution in [0.2, 0.25) is 0 Å². The highest BCUT2D eigenvalue weighted by atomic mass is 19.4. The van der Waals surface area contributed by atoms with Gasteiger partial charge in [0, 0.05) is 0 Å². The molecule has 18 heavy (non-hydrogen) atoms. The van der Waals surface area contributed by atoms with Gasteiger partial charge in [0.25, 0.3) is 0 Å². The molecule has 0 bridgehead atoms. The Morgan fingerprint density at radius 1 is 0.944 bits per heavy atom. The summed E-state index contributed by atoms with van der Waals surface area (Å²) in [5.41, 5.74) is 6.45. The Kier molecular flexibility index (Phi) is 3.72. The summed E-state index contributed by atoms with van der Waals surface area (Å²) in [7, 11) is 0. The van der Waals surface area contributed by atoms with Crippen LogP contribution in [0.3, 0.4) is 0 Å². The van der Waals surface area contributed by atoms with Crippen molar-refractivity contribution in [1.82, 2.24) is 0 Å². The molecule has 0 aliphatic carbocycles. The molecule has 0 saturated carbocycles. The van der Waals surface area contributed by atoms with Crippen molar-refractivity contribution in [2.24, 2.45) is 5.73 Å². The number of rotatable bonds is 2. The fourth-order valence-electron chi connectivity index (χ4n) is 2.04. The number of aryl methyl sites for hydroxylation is 3. The van der Waals surface area contributed by atoms with Crippen LogP contribution in [0.5, 0.6) is 0 Å².